The molecule has 0 fully saturated rings. The first-order chi connectivity index (χ1) is 12.8. The van der Waals surface area contributed by atoms with Crippen molar-refractivity contribution in [1.29, 1.82) is 0 Å². The summed E-state index contributed by atoms with van der Waals surface area (Å²) in [5.74, 6) is 0. The Balaban J connectivity index is 5.11. The van der Waals surface area contributed by atoms with Gasteiger partial charge in [-0.05, 0) is 34.6 Å². The van der Waals surface area contributed by atoms with Gasteiger partial charge in [0.05, 0.1) is 60.2 Å². The summed E-state index contributed by atoms with van der Waals surface area (Å²) in [6.07, 6.45) is 0. The van der Waals surface area contributed by atoms with E-state index in [-0.39, 0.29) is 43.8 Å². The molecule has 0 aromatic carbocycles. The van der Waals surface area contributed by atoms with Crippen LogP contribution in [0, 0.1) is 0 Å². The van der Waals surface area contributed by atoms with Crippen molar-refractivity contribution in [2.24, 2.45) is 0 Å². The van der Waals surface area contributed by atoms with Gasteiger partial charge in [0, 0.05) is 0 Å². The maximum Gasteiger partial charge on any atom is 0.474 e. The molecule has 0 radical (unpaired) electrons. The number of halogens is 4. The van der Waals surface area contributed by atoms with Gasteiger partial charge in [-0.2, -0.15) is 0 Å². The smallest absolute Gasteiger partial charge is 0.307 e. The second kappa shape index (κ2) is 14.5. The molecule has 0 aliphatic heterocycles. The molecule has 0 saturated carbocycles. The number of hydrogen-bond donors (Lipinski definition) is 0. The number of phosphoric acid groups is 1. The molecule has 0 aromatic heterocycles. The SMILES string of the molecule is CC(Cl)COP(=O)(OCC(C)Cl)OCC(C)P(=O)(OCC(C)Cl)OCC(C)Cl. The average Bonchev–Trinajstić information content (AvgIpc) is 2.59. The van der Waals surface area contributed by atoms with Gasteiger partial charge in [-0.1, -0.05) is 0 Å². The van der Waals surface area contributed by atoms with Crippen LogP contribution in [0.2, 0.25) is 0 Å². The van der Waals surface area contributed by atoms with Crippen LogP contribution in [0.3, 0.4) is 0 Å². The predicted molar refractivity (Wildman–Crippen MR) is 116 cm³/mol. The Bertz CT molecular complexity index is 489. The number of hydrogen-bond acceptors (Lipinski definition) is 7. The quantitative estimate of drug-likeness (QED) is 0.173. The highest BCUT2D eigenvalue weighted by Gasteiger charge is 2.37. The molecule has 5 atom stereocenters. The topological polar surface area (TPSA) is 80.3 Å². The van der Waals surface area contributed by atoms with E-state index in [9.17, 15) is 9.13 Å². The lowest BCUT2D eigenvalue weighted by Crippen LogP contribution is -2.20. The van der Waals surface area contributed by atoms with E-state index in [0.717, 1.165) is 0 Å². The molecule has 0 saturated heterocycles. The lowest BCUT2D eigenvalue weighted by molar-refractivity contribution is 0.111. The van der Waals surface area contributed by atoms with Gasteiger partial charge < -0.3 is 9.05 Å². The zero-order valence-corrected chi connectivity index (χ0v) is 21.5. The van der Waals surface area contributed by atoms with Crippen LogP contribution in [0.5, 0.6) is 0 Å². The van der Waals surface area contributed by atoms with Crippen LogP contribution in [0.1, 0.15) is 34.6 Å². The summed E-state index contributed by atoms with van der Waals surface area (Å²) in [5.41, 5.74) is -0.791. The van der Waals surface area contributed by atoms with Crippen molar-refractivity contribution in [2.45, 2.75) is 61.8 Å². The van der Waals surface area contributed by atoms with E-state index < -0.39 is 31.8 Å². The summed E-state index contributed by atoms with van der Waals surface area (Å²) in [5, 5.41) is -1.60. The Labute approximate surface area is 188 Å². The molecule has 28 heavy (non-hydrogen) atoms. The first-order valence-electron chi connectivity index (χ1n) is 8.78. The number of phosphoric ester groups is 1. The second-order valence-electron chi connectivity index (χ2n) is 6.44. The first-order valence-corrected chi connectivity index (χ1v) is 13.6. The van der Waals surface area contributed by atoms with E-state index in [4.69, 9.17) is 69.0 Å². The van der Waals surface area contributed by atoms with Crippen molar-refractivity contribution < 1.29 is 31.7 Å². The number of rotatable bonds is 16. The Hall–Kier alpha value is 1.42. The van der Waals surface area contributed by atoms with Crippen molar-refractivity contribution >= 4 is 61.8 Å². The maximum atomic E-state index is 13.1. The van der Waals surface area contributed by atoms with Crippen molar-refractivity contribution in [3.63, 3.8) is 0 Å². The minimum Gasteiger partial charge on any atom is -0.307 e. The molecule has 13 heteroatoms. The molecule has 0 amide bonds. The van der Waals surface area contributed by atoms with Gasteiger partial charge in [0.25, 0.3) is 0 Å². The van der Waals surface area contributed by atoms with Crippen LogP contribution >= 0.6 is 61.8 Å². The molecule has 0 aromatic rings. The summed E-state index contributed by atoms with van der Waals surface area (Å²) in [7, 11) is -7.64. The van der Waals surface area contributed by atoms with E-state index in [2.05, 4.69) is 0 Å². The largest absolute Gasteiger partial charge is 0.474 e. The Morgan fingerprint density at radius 2 is 0.857 bits per heavy atom. The fraction of sp³-hybridized carbons (Fsp3) is 1.00. The van der Waals surface area contributed by atoms with E-state index in [1.54, 1.807) is 34.6 Å². The van der Waals surface area contributed by atoms with Crippen molar-refractivity contribution in [2.75, 3.05) is 33.0 Å². The van der Waals surface area contributed by atoms with Gasteiger partial charge in [-0.3, -0.25) is 18.1 Å². The molecule has 0 rings (SSSR count). The minimum absolute atomic E-state index is 0.00196. The van der Waals surface area contributed by atoms with E-state index in [1.807, 2.05) is 0 Å². The van der Waals surface area contributed by atoms with Crippen LogP contribution < -0.4 is 0 Å². The highest BCUT2D eigenvalue weighted by molar-refractivity contribution is 7.54. The molecule has 7 nitrogen and oxygen atoms in total. The first kappa shape index (κ1) is 29.4. The Kier molecular flexibility index (Phi) is 15.2. The summed E-state index contributed by atoms with van der Waals surface area (Å²) in [6.45, 7) is 7.85. The van der Waals surface area contributed by atoms with Crippen molar-refractivity contribution in [3.05, 3.63) is 0 Å². The van der Waals surface area contributed by atoms with E-state index >= 15 is 0 Å². The normalized spacial score (nSPS) is 21.9. The lowest BCUT2D eigenvalue weighted by Gasteiger charge is -2.26. The molecule has 170 valence electrons. The fourth-order valence-corrected chi connectivity index (χ4v) is 5.36. The second-order valence-corrected chi connectivity index (χ2v) is 13.6. The van der Waals surface area contributed by atoms with Gasteiger partial charge in [0.15, 0.2) is 0 Å². The molecule has 0 heterocycles. The highest BCUT2D eigenvalue weighted by atomic mass is 35.5. The van der Waals surface area contributed by atoms with Crippen LogP contribution in [0.25, 0.3) is 0 Å². The summed E-state index contributed by atoms with van der Waals surface area (Å²) >= 11 is 23.4. The molecule has 5 unspecified atom stereocenters. The molecule has 0 bridgehead atoms. The van der Waals surface area contributed by atoms with Gasteiger partial charge >= 0.3 is 15.4 Å². The van der Waals surface area contributed by atoms with Gasteiger partial charge in [-0.15, -0.1) is 46.4 Å². The average molecular weight is 526 g/mol. The third-order valence-corrected chi connectivity index (χ3v) is 7.05. The zero-order chi connectivity index (χ0) is 22.0. The van der Waals surface area contributed by atoms with Gasteiger partial charge in [0.1, 0.15) is 0 Å². The third kappa shape index (κ3) is 13.7. The summed E-state index contributed by atoms with van der Waals surface area (Å²) in [4.78, 5) is 0. The van der Waals surface area contributed by atoms with E-state index in [1.165, 1.54) is 0 Å². The summed E-state index contributed by atoms with van der Waals surface area (Å²) < 4.78 is 52.5. The van der Waals surface area contributed by atoms with Gasteiger partial charge in [0.2, 0.25) is 0 Å². The molecule has 0 N–H and O–H groups in total. The predicted octanol–water partition coefficient (Wildman–Crippen LogP) is 6.27. The Morgan fingerprint density at radius 3 is 1.18 bits per heavy atom. The van der Waals surface area contributed by atoms with E-state index in [0.29, 0.717) is 0 Å². The maximum absolute atomic E-state index is 13.1. The molecule has 0 spiro atoms. The van der Waals surface area contributed by atoms with Crippen LogP contribution in [-0.2, 0) is 31.7 Å². The molecular formula is C15H30Cl4O7P2. The van der Waals surface area contributed by atoms with Crippen molar-refractivity contribution in [3.8, 4) is 0 Å². The summed E-state index contributed by atoms with van der Waals surface area (Å²) in [6, 6.07) is 0. The van der Waals surface area contributed by atoms with Crippen molar-refractivity contribution in [1.82, 2.24) is 0 Å². The lowest BCUT2D eigenvalue weighted by atomic mass is 10.5. The highest BCUT2D eigenvalue weighted by Crippen LogP contribution is 2.56. The minimum atomic E-state index is -3.98. The zero-order valence-electron chi connectivity index (χ0n) is 16.7. The van der Waals surface area contributed by atoms with Crippen LogP contribution in [-0.4, -0.2) is 60.2 Å². The van der Waals surface area contributed by atoms with Crippen LogP contribution in [0.4, 0.5) is 0 Å². The molecule has 0 aliphatic rings. The number of alkyl halides is 4. The monoisotopic (exact) mass is 524 g/mol. The standard InChI is InChI=1S/C15H30Cl4O7P2/c1-11(16)6-22-27(20,23-7-12(2)17)15(5)10-26-28(21,24-8-13(3)18)25-9-14(4)19/h11-15H,6-10H2,1-5H3. The molecular weight excluding hydrogens is 496 g/mol. The van der Waals surface area contributed by atoms with Crippen LogP contribution in [0.15, 0.2) is 0 Å². The van der Waals surface area contributed by atoms with Gasteiger partial charge in [-0.25, -0.2) is 4.57 Å². The Morgan fingerprint density at radius 1 is 0.571 bits per heavy atom. The molecule has 0 aliphatic carbocycles. The third-order valence-electron chi connectivity index (χ3n) is 2.91. The fourth-order valence-electron chi connectivity index (χ4n) is 1.50.